The van der Waals surface area contributed by atoms with Gasteiger partial charge in [-0.1, -0.05) is 0 Å². The van der Waals surface area contributed by atoms with Crippen LogP contribution >= 0.6 is 0 Å². The van der Waals surface area contributed by atoms with Crippen LogP contribution in [0, 0.1) is 12.7 Å². The molecule has 0 bridgehead atoms. The fourth-order valence-corrected chi connectivity index (χ4v) is 4.36. The summed E-state index contributed by atoms with van der Waals surface area (Å²) in [5.41, 5.74) is 8.95. The van der Waals surface area contributed by atoms with Crippen molar-refractivity contribution in [1.82, 2.24) is 24.8 Å². The Hall–Kier alpha value is -4.08. The number of nitrogens with one attached hydrogen (secondary N) is 1. The Morgan fingerprint density at radius 2 is 1.91 bits per heavy atom. The lowest BCUT2D eigenvalue weighted by Crippen LogP contribution is -2.51. The second kappa shape index (κ2) is 8.69. The quantitative estimate of drug-likeness (QED) is 0.480. The van der Waals surface area contributed by atoms with Crippen LogP contribution in [-0.4, -0.2) is 57.0 Å². The first kappa shape index (κ1) is 21.7. The lowest BCUT2D eigenvalue weighted by atomic mass is 10.0. The molecule has 174 valence electrons. The van der Waals surface area contributed by atoms with Gasteiger partial charge in [0.1, 0.15) is 23.5 Å². The zero-order valence-electron chi connectivity index (χ0n) is 19.0. The largest absolute Gasteiger partial charge is 0.361 e. The summed E-state index contributed by atoms with van der Waals surface area (Å²) in [7, 11) is 0. The van der Waals surface area contributed by atoms with Crippen molar-refractivity contribution in [3.05, 3.63) is 59.8 Å². The van der Waals surface area contributed by atoms with Crippen molar-refractivity contribution in [2.24, 2.45) is 5.73 Å². The summed E-state index contributed by atoms with van der Waals surface area (Å²) in [6.45, 7) is 5.91. The smallest absolute Gasteiger partial charge is 0.314 e. The first-order valence-electron chi connectivity index (χ1n) is 11.1. The molecule has 2 amide bonds. The summed E-state index contributed by atoms with van der Waals surface area (Å²) < 4.78 is 14.3. The van der Waals surface area contributed by atoms with E-state index in [1.54, 1.807) is 24.1 Å². The Morgan fingerprint density at radius 1 is 1.12 bits per heavy atom. The Kier molecular flexibility index (Phi) is 5.56. The number of primary amides is 1. The predicted octanol–water partition coefficient (Wildman–Crippen LogP) is 3.39. The number of halogens is 1. The van der Waals surface area contributed by atoms with Crippen LogP contribution in [0.25, 0.3) is 21.9 Å². The van der Waals surface area contributed by atoms with Gasteiger partial charge < -0.3 is 20.9 Å². The lowest BCUT2D eigenvalue weighted by Gasteiger charge is -2.36. The molecule has 0 radical (unpaired) electrons. The third-order valence-electron chi connectivity index (χ3n) is 6.29. The number of aryl methyl sites for hydroxylation is 1. The number of fused-ring (bicyclic) bond motifs is 2. The van der Waals surface area contributed by atoms with Crippen molar-refractivity contribution in [2.45, 2.75) is 19.9 Å². The number of pyridine rings is 2. The standard InChI is InChI=1S/C24H25FN8O/c1-14-18(25)6-5-16-12-17(15(2)30-22-21-19(28-13-29-22)4-3-7-27-21)23(31-20(14)16)32-8-10-33(11-9-32)24(26)34/h3-7,12-13,15H,8-11H2,1-2H3,(H2,26,34)(H,28,29,30)/t15-/m0/s1. The summed E-state index contributed by atoms with van der Waals surface area (Å²) in [6, 6.07) is 8.36. The van der Waals surface area contributed by atoms with Crippen LogP contribution in [0.3, 0.4) is 0 Å². The summed E-state index contributed by atoms with van der Waals surface area (Å²) >= 11 is 0. The molecule has 9 nitrogen and oxygen atoms in total. The number of hydrogen-bond donors (Lipinski definition) is 2. The number of urea groups is 1. The fourth-order valence-electron chi connectivity index (χ4n) is 4.36. The molecule has 3 aromatic heterocycles. The maximum Gasteiger partial charge on any atom is 0.314 e. The summed E-state index contributed by atoms with van der Waals surface area (Å²) in [4.78, 5) is 33.4. The van der Waals surface area contributed by atoms with E-state index < -0.39 is 6.03 Å². The topological polar surface area (TPSA) is 113 Å². The molecule has 0 spiro atoms. The van der Waals surface area contributed by atoms with E-state index in [0.29, 0.717) is 48.6 Å². The van der Waals surface area contributed by atoms with Gasteiger partial charge in [-0.2, -0.15) is 0 Å². The van der Waals surface area contributed by atoms with Gasteiger partial charge >= 0.3 is 6.03 Å². The number of amides is 2. The van der Waals surface area contributed by atoms with Crippen LogP contribution in [0.5, 0.6) is 0 Å². The molecule has 1 saturated heterocycles. The predicted molar refractivity (Wildman–Crippen MR) is 129 cm³/mol. The van der Waals surface area contributed by atoms with Gasteiger partial charge in [0.25, 0.3) is 0 Å². The summed E-state index contributed by atoms with van der Waals surface area (Å²) in [5, 5.41) is 4.31. The first-order chi connectivity index (χ1) is 16.4. The molecule has 0 aliphatic carbocycles. The van der Waals surface area contributed by atoms with E-state index in [-0.39, 0.29) is 11.9 Å². The van der Waals surface area contributed by atoms with E-state index in [9.17, 15) is 9.18 Å². The van der Waals surface area contributed by atoms with Crippen LogP contribution < -0.4 is 16.0 Å². The van der Waals surface area contributed by atoms with Crippen LogP contribution in [0.2, 0.25) is 0 Å². The SMILES string of the molecule is Cc1c(F)ccc2cc([C@H](C)Nc3ncnc4cccnc34)c(N3CCN(C(N)=O)CC3)nc12. The van der Waals surface area contributed by atoms with Gasteiger partial charge in [0.15, 0.2) is 5.82 Å². The monoisotopic (exact) mass is 460 g/mol. The molecule has 10 heteroatoms. The molecule has 0 unspecified atom stereocenters. The Morgan fingerprint density at radius 3 is 2.68 bits per heavy atom. The third-order valence-corrected chi connectivity index (χ3v) is 6.29. The maximum absolute atomic E-state index is 14.3. The highest BCUT2D eigenvalue weighted by Gasteiger charge is 2.25. The highest BCUT2D eigenvalue weighted by molar-refractivity contribution is 5.87. The number of nitrogens with zero attached hydrogens (tertiary/aromatic N) is 6. The normalized spacial score (nSPS) is 15.0. The van der Waals surface area contributed by atoms with Crippen LogP contribution in [0.1, 0.15) is 24.1 Å². The summed E-state index contributed by atoms with van der Waals surface area (Å²) in [6.07, 6.45) is 3.22. The van der Waals surface area contributed by atoms with E-state index >= 15 is 0 Å². The minimum atomic E-state index is -0.428. The second-order valence-corrected chi connectivity index (χ2v) is 8.42. The number of carbonyl (C=O) groups is 1. The van der Waals surface area contributed by atoms with Crippen molar-refractivity contribution in [3.63, 3.8) is 0 Å². The van der Waals surface area contributed by atoms with Crippen molar-refractivity contribution in [2.75, 3.05) is 36.4 Å². The van der Waals surface area contributed by atoms with Crippen LogP contribution in [0.4, 0.5) is 20.8 Å². The number of nitrogens with two attached hydrogens (primary N) is 1. The number of carbonyl (C=O) groups excluding carboxylic acids is 1. The Bertz CT molecular complexity index is 1380. The molecule has 1 fully saturated rings. The Labute approximate surface area is 195 Å². The number of hydrogen-bond acceptors (Lipinski definition) is 7. The average molecular weight is 461 g/mol. The van der Waals surface area contributed by atoms with E-state index in [4.69, 9.17) is 10.7 Å². The van der Waals surface area contributed by atoms with Gasteiger partial charge in [0.05, 0.1) is 17.1 Å². The minimum absolute atomic E-state index is 0.188. The molecule has 3 N–H and O–H groups in total. The van der Waals surface area contributed by atoms with E-state index in [1.807, 2.05) is 25.1 Å². The van der Waals surface area contributed by atoms with Gasteiger partial charge in [-0.15, -0.1) is 0 Å². The Balaban J connectivity index is 1.56. The zero-order valence-corrected chi connectivity index (χ0v) is 19.0. The van der Waals surface area contributed by atoms with Crippen molar-refractivity contribution in [1.29, 1.82) is 0 Å². The summed E-state index contributed by atoms with van der Waals surface area (Å²) in [5.74, 6) is 1.08. The minimum Gasteiger partial charge on any atom is -0.361 e. The molecule has 5 rings (SSSR count). The molecule has 0 saturated carbocycles. The molecule has 1 aliphatic rings. The van der Waals surface area contributed by atoms with Gasteiger partial charge in [0, 0.05) is 48.9 Å². The van der Waals surface area contributed by atoms with E-state index in [0.717, 1.165) is 22.3 Å². The molecular weight excluding hydrogens is 435 g/mol. The highest BCUT2D eigenvalue weighted by Crippen LogP contribution is 2.33. The number of rotatable bonds is 4. The third kappa shape index (κ3) is 3.91. The number of piperazine rings is 1. The molecule has 4 heterocycles. The molecule has 1 aromatic carbocycles. The number of anilines is 2. The van der Waals surface area contributed by atoms with Gasteiger partial charge in [-0.05, 0) is 44.2 Å². The molecule has 34 heavy (non-hydrogen) atoms. The van der Waals surface area contributed by atoms with Gasteiger partial charge in [0.2, 0.25) is 0 Å². The van der Waals surface area contributed by atoms with Gasteiger partial charge in [-0.25, -0.2) is 24.1 Å². The molecular formula is C24H25FN8O. The highest BCUT2D eigenvalue weighted by atomic mass is 19.1. The lowest BCUT2D eigenvalue weighted by molar-refractivity contribution is 0.204. The van der Waals surface area contributed by atoms with Crippen LogP contribution in [0.15, 0.2) is 42.9 Å². The van der Waals surface area contributed by atoms with Crippen molar-refractivity contribution >= 4 is 39.6 Å². The number of aromatic nitrogens is 4. The van der Waals surface area contributed by atoms with Crippen LogP contribution in [-0.2, 0) is 0 Å². The van der Waals surface area contributed by atoms with E-state index in [1.165, 1.54) is 12.4 Å². The van der Waals surface area contributed by atoms with E-state index in [2.05, 4.69) is 25.2 Å². The first-order valence-corrected chi connectivity index (χ1v) is 11.1. The molecule has 1 aliphatic heterocycles. The van der Waals surface area contributed by atoms with Gasteiger partial charge in [-0.3, -0.25) is 4.98 Å². The van der Waals surface area contributed by atoms with Crippen molar-refractivity contribution in [3.8, 4) is 0 Å². The zero-order chi connectivity index (χ0) is 23.8. The molecule has 1 atom stereocenters. The number of benzene rings is 1. The fraction of sp³-hybridized carbons (Fsp3) is 0.292. The average Bonchev–Trinajstić information content (AvgIpc) is 2.86. The maximum atomic E-state index is 14.3. The molecule has 4 aromatic rings. The second-order valence-electron chi connectivity index (χ2n) is 8.42. The van der Waals surface area contributed by atoms with Crippen molar-refractivity contribution < 1.29 is 9.18 Å².